The lowest BCUT2D eigenvalue weighted by Crippen LogP contribution is -2.60. The Bertz CT molecular complexity index is 3210. The maximum absolute atomic E-state index is 15.0. The van der Waals surface area contributed by atoms with Gasteiger partial charge in [0.2, 0.25) is 65.0 Å². The van der Waals surface area contributed by atoms with Crippen LogP contribution in [0, 0.1) is 0 Å². The molecule has 2 aliphatic rings. The van der Waals surface area contributed by atoms with Crippen molar-refractivity contribution in [2.75, 3.05) is 39.3 Å². The summed E-state index contributed by atoms with van der Waals surface area (Å²) in [5.74, 6) is -10.8. The van der Waals surface area contributed by atoms with E-state index in [4.69, 9.17) is 33.5 Å². The van der Waals surface area contributed by atoms with E-state index < -0.39 is 164 Å². The lowest BCUT2D eigenvalue weighted by atomic mass is 10.0. The van der Waals surface area contributed by atoms with Crippen LogP contribution in [0.25, 0.3) is 10.9 Å². The van der Waals surface area contributed by atoms with Crippen LogP contribution >= 0.6 is 0 Å². The molecule has 34 heteroatoms. The molecule has 1 unspecified atom stereocenters. The fourth-order valence-electron chi connectivity index (χ4n) is 10.8. The molecule has 2 aliphatic heterocycles. The summed E-state index contributed by atoms with van der Waals surface area (Å²) in [7, 11) is 0. The number of benzene rings is 2. The third-order valence-corrected chi connectivity index (χ3v) is 15.8. The minimum absolute atomic E-state index is 0.00208. The number of aliphatic hydroxyl groups is 2. The number of nitrogens with two attached hydrogens (primary N) is 5. The van der Waals surface area contributed by atoms with E-state index in [0.29, 0.717) is 30.4 Å². The van der Waals surface area contributed by atoms with Crippen LogP contribution in [0.1, 0.15) is 115 Å². The normalized spacial score (nSPS) is 21.2. The number of nitrogens with one attached hydrogen (secondary N) is 11. The molecule has 34 nitrogen and oxygen atoms in total. The number of unbranched alkanes of at least 4 members (excludes halogenated alkanes) is 2. The maximum atomic E-state index is 15.0. The number of amides is 11. The van der Waals surface area contributed by atoms with Gasteiger partial charge in [-0.05, 0) is 81.4 Å². The van der Waals surface area contributed by atoms with Crippen LogP contribution in [0.4, 0.5) is 0 Å². The molecule has 23 N–H and O–H groups in total. The van der Waals surface area contributed by atoms with Gasteiger partial charge in [-0.2, -0.15) is 5.48 Å². The zero-order valence-electron chi connectivity index (χ0n) is 54.0. The van der Waals surface area contributed by atoms with Crippen LogP contribution in [-0.2, 0) is 75.2 Å². The van der Waals surface area contributed by atoms with E-state index in [-0.39, 0.29) is 102 Å². The number of aliphatic hydroxyl groups excluding tert-OH is 2. The van der Waals surface area contributed by atoms with Crippen LogP contribution in [0.3, 0.4) is 0 Å². The van der Waals surface area contributed by atoms with Crippen molar-refractivity contribution < 1.29 is 72.6 Å². The first kappa shape index (κ1) is 76.7. The lowest BCUT2D eigenvalue weighted by molar-refractivity contribution is -0.152. The molecular formula is C62H93N19O15. The Morgan fingerprint density at radius 3 is 2.02 bits per heavy atom. The first-order valence-electron chi connectivity index (χ1n) is 32.0. The highest BCUT2D eigenvalue weighted by atomic mass is 16.7. The van der Waals surface area contributed by atoms with E-state index in [1.807, 2.05) is 25.1 Å². The van der Waals surface area contributed by atoms with Crippen molar-refractivity contribution in [3.05, 3.63) is 71.9 Å². The molecule has 5 rings (SSSR count). The van der Waals surface area contributed by atoms with Gasteiger partial charge in [0.05, 0.1) is 19.3 Å². The van der Waals surface area contributed by atoms with Gasteiger partial charge in [0.25, 0.3) is 0 Å². The summed E-state index contributed by atoms with van der Waals surface area (Å²) in [6, 6.07) is 2.90. The minimum Gasteiger partial charge on any atom is -0.394 e. The molecule has 96 heavy (non-hydrogen) atoms. The minimum atomic E-state index is -1.65. The van der Waals surface area contributed by atoms with E-state index in [1.54, 1.807) is 42.6 Å². The first-order chi connectivity index (χ1) is 45.9. The molecule has 526 valence electrons. The molecule has 11 amide bonds. The second kappa shape index (κ2) is 39.7. The number of carbonyl (C=O) groups is 12. The van der Waals surface area contributed by atoms with Crippen LogP contribution in [-0.4, -0.2) is 203 Å². The summed E-state index contributed by atoms with van der Waals surface area (Å²) >= 11 is 0. The Labute approximate surface area is 554 Å². The molecule has 2 aromatic carbocycles. The van der Waals surface area contributed by atoms with Gasteiger partial charge in [0.1, 0.15) is 54.4 Å². The number of carbonyl (C=O) groups excluding carboxylic acids is 12. The molecule has 3 heterocycles. The van der Waals surface area contributed by atoms with E-state index in [0.717, 1.165) is 22.7 Å². The van der Waals surface area contributed by atoms with Crippen molar-refractivity contribution in [3.8, 4) is 0 Å². The fourth-order valence-corrected chi connectivity index (χ4v) is 10.8. The molecule has 0 saturated carbocycles. The number of hydrogen-bond donors (Lipinski definition) is 18. The molecule has 2 saturated heterocycles. The Kier molecular flexibility index (Phi) is 31.7. The zero-order chi connectivity index (χ0) is 70.3. The number of para-hydroxylation sites is 1. The molecule has 10 atom stereocenters. The number of aliphatic imine (C=N–C) groups is 2. The Morgan fingerprint density at radius 2 is 1.33 bits per heavy atom. The standard InChI is InChI=1S/C62H93N19O15/c1-3-4-18-43(74-50(85)32-71-53(88)42(21-10-12-25-68-61(64)65)76-58(93)48(34-82)73-35(2)83)54(89)78-45-23-24-51(86)96-72-27-13-11-20-41(52(63)87)75-57(92)47(29-37-31-70-40-19-9-8-17-39(37)40)79-55(90)44(22-14-26-69-62(66)67)77-56(91)46(28-36-15-6-5-7-16-36)80-59(94)49-30-38(84)33-81(49)60(45)95/h5-9,15-17,19,31,38,41-49,70,72,82,84H,3-4,10-14,18,20-30,32-34H2,1-2H3,(H2,63,87)(H,71,88)(H,73,83)(H,74,85)(H,75,92)(H,76,93)(H,77,91)(H,78,89)(H,79,90)(H,80,94)(H4,64,65,68)(H4,66,67,69)/t38?,41-,42-,43-,44-,45-,46+,47-,48+,49-/m0/s1. The average Bonchev–Trinajstić information content (AvgIpc) is 1.69. The first-order valence-corrected chi connectivity index (χ1v) is 32.0. The fraction of sp³-hybridized carbons (Fsp3) is 0.548. The number of hydroxylamine groups is 1. The van der Waals surface area contributed by atoms with Crippen LogP contribution < -0.4 is 82.0 Å². The van der Waals surface area contributed by atoms with Gasteiger partial charge in [-0.15, -0.1) is 0 Å². The number of nitrogens with zero attached hydrogens (tertiary/aromatic N) is 3. The number of rotatable bonds is 27. The van der Waals surface area contributed by atoms with E-state index in [9.17, 15) is 63.0 Å². The number of aromatic amines is 1. The van der Waals surface area contributed by atoms with Crippen molar-refractivity contribution in [1.82, 2.24) is 63.2 Å². The average molecular weight is 1340 g/mol. The van der Waals surface area contributed by atoms with E-state index in [2.05, 4.69) is 68.3 Å². The second-order valence-corrected chi connectivity index (χ2v) is 23.5. The number of hydrogen-bond acceptors (Lipinski definition) is 18. The van der Waals surface area contributed by atoms with Gasteiger partial charge in [-0.25, -0.2) is 0 Å². The number of primary amides is 1. The third kappa shape index (κ3) is 25.7. The van der Waals surface area contributed by atoms with Gasteiger partial charge in [-0.3, -0.25) is 67.5 Å². The molecule has 2 fully saturated rings. The van der Waals surface area contributed by atoms with Crippen LogP contribution in [0.15, 0.2) is 70.8 Å². The monoisotopic (exact) mass is 1340 g/mol. The summed E-state index contributed by atoms with van der Waals surface area (Å²) in [4.78, 5) is 184. The molecule has 1 aromatic heterocycles. The molecular weight excluding hydrogens is 1250 g/mol. The summed E-state index contributed by atoms with van der Waals surface area (Å²) in [6.07, 6.45) is 0.692. The summed E-state index contributed by atoms with van der Waals surface area (Å²) in [5.41, 5.74) is 32.3. The van der Waals surface area contributed by atoms with Crippen molar-refractivity contribution in [1.29, 1.82) is 0 Å². The highest BCUT2D eigenvalue weighted by Crippen LogP contribution is 2.23. The van der Waals surface area contributed by atoms with Crippen LogP contribution in [0.2, 0.25) is 0 Å². The second-order valence-electron chi connectivity index (χ2n) is 23.5. The summed E-state index contributed by atoms with van der Waals surface area (Å²) in [5, 5.41) is 45.0. The Hall–Kier alpha value is -9.96. The van der Waals surface area contributed by atoms with Gasteiger partial charge in [0, 0.05) is 75.9 Å². The molecule has 0 spiro atoms. The van der Waals surface area contributed by atoms with Gasteiger partial charge >= 0.3 is 5.97 Å². The van der Waals surface area contributed by atoms with Crippen molar-refractivity contribution >= 4 is 93.8 Å². The van der Waals surface area contributed by atoms with Gasteiger partial charge in [-0.1, -0.05) is 68.3 Å². The topological polar surface area (TPSA) is 549 Å². The SMILES string of the molecule is CCCC[C@H](NC(=O)CNC(=O)[C@H](CCCCN=C(N)N)NC(=O)[C@@H](CO)NC(C)=O)C(=O)N[C@H]1CCC(=O)ONCCCC[C@@H](C(N)=O)NC(=O)[C@H](Cc2c[nH]c3ccccc23)NC(=O)[C@H](CCCN=C(N)N)NC(=O)[C@@H](Cc2ccccc2)NC(=O)[C@@H]2CC(O)CN2C1=O. The van der Waals surface area contributed by atoms with Crippen molar-refractivity contribution in [2.45, 2.75) is 177 Å². The predicted octanol–water partition coefficient (Wildman–Crippen LogP) is -4.89. The Balaban J connectivity index is 1.45. The molecule has 0 aliphatic carbocycles. The molecule has 0 radical (unpaired) electrons. The predicted molar refractivity (Wildman–Crippen MR) is 350 cm³/mol. The highest BCUT2D eigenvalue weighted by Gasteiger charge is 2.44. The summed E-state index contributed by atoms with van der Waals surface area (Å²) in [6.45, 7) is 1.16. The number of H-pyrrole nitrogens is 1. The van der Waals surface area contributed by atoms with Crippen molar-refractivity contribution in [3.63, 3.8) is 0 Å². The Morgan fingerprint density at radius 1 is 0.698 bits per heavy atom. The number of aromatic nitrogens is 1. The quantitative estimate of drug-likeness (QED) is 0.0193. The van der Waals surface area contributed by atoms with Crippen molar-refractivity contribution in [2.24, 2.45) is 38.7 Å². The number of guanidine groups is 2. The largest absolute Gasteiger partial charge is 0.394 e. The van der Waals surface area contributed by atoms with Gasteiger partial charge < -0.3 is 101 Å². The smallest absolute Gasteiger partial charge is 0.324 e. The molecule has 0 bridgehead atoms. The van der Waals surface area contributed by atoms with E-state index >= 15 is 4.79 Å². The van der Waals surface area contributed by atoms with Gasteiger partial charge in [0.15, 0.2) is 11.9 Å². The number of fused-ring (bicyclic) bond motifs is 2. The maximum Gasteiger partial charge on any atom is 0.324 e. The van der Waals surface area contributed by atoms with Crippen LogP contribution in [0.5, 0.6) is 0 Å². The lowest BCUT2D eigenvalue weighted by Gasteiger charge is -2.31. The highest BCUT2D eigenvalue weighted by molar-refractivity contribution is 5.99. The zero-order valence-corrected chi connectivity index (χ0v) is 54.0. The van der Waals surface area contributed by atoms with E-state index in [1.165, 1.54) is 0 Å². The molecule has 3 aromatic rings. The summed E-state index contributed by atoms with van der Waals surface area (Å²) < 4.78 is 0. The third-order valence-electron chi connectivity index (χ3n) is 15.8.